The lowest BCUT2D eigenvalue weighted by Gasteiger charge is -2.04. The number of carboxylic acids is 1. The van der Waals surface area contributed by atoms with Crippen molar-refractivity contribution in [1.82, 2.24) is 9.97 Å². The van der Waals surface area contributed by atoms with Gasteiger partial charge in [0.05, 0.1) is 23.7 Å². The van der Waals surface area contributed by atoms with Gasteiger partial charge in [-0.2, -0.15) is 0 Å². The Morgan fingerprint density at radius 3 is 2.76 bits per heavy atom. The van der Waals surface area contributed by atoms with Crippen molar-refractivity contribution in [2.45, 2.75) is 0 Å². The zero-order chi connectivity index (χ0) is 15.0. The number of carboxylic acid groups (broad SMARTS) is 1. The Hall–Kier alpha value is -3.02. The average Bonchev–Trinajstić information content (AvgIpc) is 2.90. The van der Waals surface area contributed by atoms with Crippen LogP contribution >= 0.6 is 0 Å². The number of aromatic hydroxyl groups is 1. The summed E-state index contributed by atoms with van der Waals surface area (Å²) >= 11 is 0. The lowest BCUT2D eigenvalue weighted by molar-refractivity contribution is 0.0697. The number of methoxy groups -OCH3 is 1. The highest BCUT2D eigenvalue weighted by Gasteiger charge is 2.10. The molecule has 0 spiro atoms. The predicted octanol–water partition coefficient (Wildman–Crippen LogP) is 2.64. The van der Waals surface area contributed by atoms with E-state index in [0.29, 0.717) is 22.6 Å². The number of benzene rings is 2. The summed E-state index contributed by atoms with van der Waals surface area (Å²) in [5, 5.41) is 18.6. The van der Waals surface area contributed by atoms with E-state index in [1.807, 2.05) is 0 Å². The third-order valence-electron chi connectivity index (χ3n) is 3.18. The third-order valence-corrected chi connectivity index (χ3v) is 3.18. The number of hydrogen-bond acceptors (Lipinski definition) is 4. The SMILES string of the molecule is COc1cc(-c2nc3ccc(C(=O)O)cc3[nH]2)ccc1O. The van der Waals surface area contributed by atoms with E-state index in [4.69, 9.17) is 9.84 Å². The molecule has 0 aliphatic rings. The number of nitrogens with one attached hydrogen (secondary N) is 1. The first-order chi connectivity index (χ1) is 10.1. The quantitative estimate of drug-likeness (QED) is 0.687. The van der Waals surface area contributed by atoms with Crippen molar-refractivity contribution < 1.29 is 19.7 Å². The number of rotatable bonds is 3. The Balaban J connectivity index is 2.10. The van der Waals surface area contributed by atoms with Crippen molar-refractivity contribution in [3.63, 3.8) is 0 Å². The van der Waals surface area contributed by atoms with E-state index in [1.54, 1.807) is 18.2 Å². The number of ether oxygens (including phenoxy) is 1. The summed E-state index contributed by atoms with van der Waals surface area (Å²) in [6.07, 6.45) is 0. The molecule has 106 valence electrons. The normalized spacial score (nSPS) is 10.7. The van der Waals surface area contributed by atoms with Crippen LogP contribution in [-0.4, -0.2) is 33.3 Å². The zero-order valence-corrected chi connectivity index (χ0v) is 11.1. The number of nitrogens with zero attached hydrogens (tertiary/aromatic N) is 1. The third kappa shape index (κ3) is 2.27. The van der Waals surface area contributed by atoms with Gasteiger partial charge in [-0.15, -0.1) is 0 Å². The minimum atomic E-state index is -0.987. The summed E-state index contributed by atoms with van der Waals surface area (Å²) in [6, 6.07) is 9.57. The molecule has 3 rings (SSSR count). The van der Waals surface area contributed by atoms with Crippen LogP contribution in [0.5, 0.6) is 11.5 Å². The van der Waals surface area contributed by atoms with E-state index in [2.05, 4.69) is 9.97 Å². The van der Waals surface area contributed by atoms with Crippen LogP contribution < -0.4 is 4.74 Å². The summed E-state index contributed by atoms with van der Waals surface area (Å²) in [5.74, 6) is -0.0186. The molecule has 0 fully saturated rings. The molecule has 6 nitrogen and oxygen atoms in total. The Morgan fingerprint density at radius 1 is 1.24 bits per heavy atom. The van der Waals surface area contributed by atoms with E-state index in [0.717, 1.165) is 5.56 Å². The fourth-order valence-corrected chi connectivity index (χ4v) is 2.10. The molecule has 2 aromatic carbocycles. The molecule has 0 unspecified atom stereocenters. The molecule has 6 heteroatoms. The fraction of sp³-hybridized carbons (Fsp3) is 0.0667. The van der Waals surface area contributed by atoms with Crippen molar-refractivity contribution >= 4 is 17.0 Å². The zero-order valence-electron chi connectivity index (χ0n) is 11.1. The lowest BCUT2D eigenvalue weighted by atomic mass is 10.2. The van der Waals surface area contributed by atoms with Crippen LogP contribution in [0.25, 0.3) is 22.4 Å². The molecule has 0 aliphatic heterocycles. The van der Waals surface area contributed by atoms with Gasteiger partial charge in [0.25, 0.3) is 0 Å². The lowest BCUT2D eigenvalue weighted by Crippen LogP contribution is -1.94. The maximum absolute atomic E-state index is 11.0. The van der Waals surface area contributed by atoms with Crippen LogP contribution in [0.4, 0.5) is 0 Å². The second-order valence-corrected chi connectivity index (χ2v) is 4.51. The van der Waals surface area contributed by atoms with Gasteiger partial charge in [-0.25, -0.2) is 9.78 Å². The largest absolute Gasteiger partial charge is 0.504 e. The molecule has 0 saturated heterocycles. The van der Waals surface area contributed by atoms with E-state index in [9.17, 15) is 9.90 Å². The molecule has 0 bridgehead atoms. The van der Waals surface area contributed by atoms with Crippen LogP contribution in [0.2, 0.25) is 0 Å². The summed E-state index contributed by atoms with van der Waals surface area (Å²) in [7, 11) is 1.47. The summed E-state index contributed by atoms with van der Waals surface area (Å²) < 4.78 is 5.06. The van der Waals surface area contributed by atoms with Gasteiger partial charge in [0.2, 0.25) is 0 Å². The highest BCUT2D eigenvalue weighted by Crippen LogP contribution is 2.31. The fourth-order valence-electron chi connectivity index (χ4n) is 2.10. The number of phenols is 1. The molecule has 3 aromatic rings. The Kier molecular flexibility index (Phi) is 2.98. The topological polar surface area (TPSA) is 95.4 Å². The molecule has 3 N–H and O–H groups in total. The monoisotopic (exact) mass is 284 g/mol. The minimum absolute atomic E-state index is 0.0468. The number of carbonyl (C=O) groups is 1. The molecular formula is C15H12N2O4. The van der Waals surface area contributed by atoms with Gasteiger partial charge in [0.1, 0.15) is 5.82 Å². The number of H-pyrrole nitrogens is 1. The van der Waals surface area contributed by atoms with Gasteiger partial charge in [0, 0.05) is 5.56 Å². The Bertz CT molecular complexity index is 839. The highest BCUT2D eigenvalue weighted by molar-refractivity contribution is 5.93. The van der Waals surface area contributed by atoms with Crippen LogP contribution in [0.3, 0.4) is 0 Å². The smallest absolute Gasteiger partial charge is 0.335 e. The molecule has 1 heterocycles. The van der Waals surface area contributed by atoms with Gasteiger partial charge in [-0.3, -0.25) is 0 Å². The first kappa shape index (κ1) is 13.0. The predicted molar refractivity (Wildman–Crippen MR) is 76.7 cm³/mol. The molecule has 0 radical (unpaired) electrons. The van der Waals surface area contributed by atoms with Crippen molar-refractivity contribution in [3.05, 3.63) is 42.0 Å². The summed E-state index contributed by atoms with van der Waals surface area (Å²) in [5.41, 5.74) is 2.23. The van der Waals surface area contributed by atoms with Crippen LogP contribution in [-0.2, 0) is 0 Å². The number of aromatic nitrogens is 2. The number of imidazole rings is 1. The number of fused-ring (bicyclic) bond motifs is 1. The van der Waals surface area contributed by atoms with Crippen molar-refractivity contribution in [2.24, 2.45) is 0 Å². The van der Waals surface area contributed by atoms with Crippen LogP contribution in [0, 0.1) is 0 Å². The molecule has 21 heavy (non-hydrogen) atoms. The number of hydrogen-bond donors (Lipinski definition) is 3. The molecule has 0 aliphatic carbocycles. The maximum Gasteiger partial charge on any atom is 0.335 e. The summed E-state index contributed by atoms with van der Waals surface area (Å²) in [6.45, 7) is 0. The number of aromatic carboxylic acids is 1. The number of phenolic OH excluding ortho intramolecular Hbond substituents is 1. The van der Waals surface area contributed by atoms with Gasteiger partial charge < -0.3 is 19.9 Å². The molecule has 1 aromatic heterocycles. The first-order valence-electron chi connectivity index (χ1n) is 6.19. The van der Waals surface area contributed by atoms with Crippen molar-refractivity contribution in [3.8, 4) is 22.9 Å². The van der Waals surface area contributed by atoms with E-state index in [-0.39, 0.29) is 11.3 Å². The van der Waals surface area contributed by atoms with E-state index in [1.165, 1.54) is 25.3 Å². The van der Waals surface area contributed by atoms with E-state index >= 15 is 0 Å². The second kappa shape index (κ2) is 4.82. The first-order valence-corrected chi connectivity index (χ1v) is 6.19. The molecule has 0 saturated carbocycles. The van der Waals surface area contributed by atoms with Crippen LogP contribution in [0.15, 0.2) is 36.4 Å². The minimum Gasteiger partial charge on any atom is -0.504 e. The van der Waals surface area contributed by atoms with Gasteiger partial charge >= 0.3 is 5.97 Å². The van der Waals surface area contributed by atoms with Crippen LogP contribution in [0.1, 0.15) is 10.4 Å². The van der Waals surface area contributed by atoms with Gasteiger partial charge in [-0.05, 0) is 36.4 Å². The average molecular weight is 284 g/mol. The van der Waals surface area contributed by atoms with Gasteiger partial charge in [-0.1, -0.05) is 0 Å². The van der Waals surface area contributed by atoms with Crippen molar-refractivity contribution in [1.29, 1.82) is 0 Å². The Labute approximate surface area is 119 Å². The molecular weight excluding hydrogens is 272 g/mol. The van der Waals surface area contributed by atoms with Crippen molar-refractivity contribution in [2.75, 3.05) is 7.11 Å². The summed E-state index contributed by atoms with van der Waals surface area (Å²) in [4.78, 5) is 18.4. The standard InChI is InChI=1S/C15H12N2O4/c1-21-13-7-8(3-5-12(13)18)14-16-10-4-2-9(15(19)20)6-11(10)17-14/h2-7,18H,1H3,(H,16,17)(H,19,20). The molecule has 0 amide bonds. The molecule has 0 atom stereocenters. The second-order valence-electron chi connectivity index (χ2n) is 4.51. The van der Waals surface area contributed by atoms with E-state index < -0.39 is 5.97 Å². The van der Waals surface area contributed by atoms with Gasteiger partial charge in [0.15, 0.2) is 11.5 Å². The highest BCUT2D eigenvalue weighted by atomic mass is 16.5. The Morgan fingerprint density at radius 2 is 2.05 bits per heavy atom. The maximum atomic E-state index is 11.0. The number of aromatic amines is 1.